The minimum atomic E-state index is 0.0709. The molecule has 1 unspecified atom stereocenters. The van der Waals surface area contributed by atoms with Gasteiger partial charge in [-0.1, -0.05) is 24.4 Å². The largest absolute Gasteiger partial charge is 0.406 e. The van der Waals surface area contributed by atoms with Crippen LogP contribution in [0.15, 0.2) is 4.42 Å². The lowest BCUT2D eigenvalue weighted by molar-refractivity contribution is 0.0346. The second kappa shape index (κ2) is 7.45. The van der Waals surface area contributed by atoms with E-state index in [9.17, 15) is 0 Å². The van der Waals surface area contributed by atoms with E-state index in [1.807, 2.05) is 14.0 Å². The van der Waals surface area contributed by atoms with Crippen molar-refractivity contribution in [2.75, 3.05) is 25.5 Å². The fourth-order valence-electron chi connectivity index (χ4n) is 2.22. The summed E-state index contributed by atoms with van der Waals surface area (Å²) in [5.74, 6) is 0.596. The Morgan fingerprint density at radius 1 is 1.32 bits per heavy atom. The highest BCUT2D eigenvalue weighted by molar-refractivity contribution is 5.16. The molecule has 1 heterocycles. The number of hydrogen-bond donors (Lipinski definition) is 2. The summed E-state index contributed by atoms with van der Waals surface area (Å²) in [7, 11) is 1.86. The lowest BCUT2D eigenvalue weighted by Crippen LogP contribution is -2.20. The van der Waals surface area contributed by atoms with Gasteiger partial charge in [-0.2, -0.15) is 0 Å². The first-order valence-electron chi connectivity index (χ1n) is 7.15. The average Bonchev–Trinajstić information content (AvgIpc) is 2.93. The molecule has 0 spiro atoms. The molecule has 1 fully saturated rings. The van der Waals surface area contributed by atoms with Gasteiger partial charge >= 0.3 is 6.01 Å². The Balaban J connectivity index is 1.63. The predicted molar refractivity (Wildman–Crippen MR) is 73.1 cm³/mol. The van der Waals surface area contributed by atoms with Crippen molar-refractivity contribution in [3.8, 4) is 0 Å². The van der Waals surface area contributed by atoms with Crippen LogP contribution in [0, 0.1) is 0 Å². The molecule has 108 valence electrons. The summed E-state index contributed by atoms with van der Waals surface area (Å²) in [5.41, 5.74) is 0. The van der Waals surface area contributed by atoms with Gasteiger partial charge in [-0.3, -0.25) is 0 Å². The topological polar surface area (TPSA) is 72.2 Å². The quantitative estimate of drug-likeness (QED) is 0.738. The van der Waals surface area contributed by atoms with Crippen LogP contribution in [-0.4, -0.2) is 36.5 Å². The van der Waals surface area contributed by atoms with E-state index in [-0.39, 0.29) is 6.04 Å². The molecule has 0 bridgehead atoms. The molecule has 1 aliphatic rings. The molecule has 0 radical (unpaired) electrons. The van der Waals surface area contributed by atoms with Gasteiger partial charge in [0.15, 0.2) is 0 Å². The van der Waals surface area contributed by atoms with Gasteiger partial charge < -0.3 is 19.8 Å². The minimum Gasteiger partial charge on any atom is -0.406 e. The van der Waals surface area contributed by atoms with Gasteiger partial charge in [0.1, 0.15) is 0 Å². The molecule has 6 heteroatoms. The summed E-state index contributed by atoms with van der Waals surface area (Å²) in [5, 5.41) is 14.1. The molecule has 0 aliphatic heterocycles. The van der Waals surface area contributed by atoms with E-state index in [1.165, 1.54) is 32.1 Å². The normalized spacial score (nSPS) is 18.4. The highest BCUT2D eigenvalue weighted by Crippen LogP contribution is 2.20. The second-order valence-corrected chi connectivity index (χ2v) is 5.01. The third kappa shape index (κ3) is 4.47. The van der Waals surface area contributed by atoms with E-state index in [4.69, 9.17) is 9.15 Å². The summed E-state index contributed by atoms with van der Waals surface area (Å²) in [6.07, 6.45) is 6.79. The van der Waals surface area contributed by atoms with Crippen molar-refractivity contribution in [1.82, 2.24) is 15.5 Å². The number of ether oxygens (including phenoxy) is 1. The van der Waals surface area contributed by atoms with Crippen LogP contribution in [0.3, 0.4) is 0 Å². The first-order chi connectivity index (χ1) is 9.29. The van der Waals surface area contributed by atoms with Crippen molar-refractivity contribution in [1.29, 1.82) is 0 Å². The first-order valence-corrected chi connectivity index (χ1v) is 7.15. The molecule has 1 aromatic heterocycles. The summed E-state index contributed by atoms with van der Waals surface area (Å²) < 4.78 is 11.3. The summed E-state index contributed by atoms with van der Waals surface area (Å²) in [4.78, 5) is 0. The van der Waals surface area contributed by atoms with Crippen LogP contribution >= 0.6 is 0 Å². The van der Waals surface area contributed by atoms with Gasteiger partial charge in [0.25, 0.3) is 0 Å². The lowest BCUT2D eigenvalue weighted by Gasteiger charge is -2.21. The minimum absolute atomic E-state index is 0.0709. The fraction of sp³-hybridized carbons (Fsp3) is 0.846. The number of hydrogen-bond acceptors (Lipinski definition) is 6. The van der Waals surface area contributed by atoms with Crippen LogP contribution in [0.5, 0.6) is 0 Å². The van der Waals surface area contributed by atoms with Crippen molar-refractivity contribution >= 4 is 6.01 Å². The Labute approximate surface area is 114 Å². The third-order valence-corrected chi connectivity index (χ3v) is 3.53. The molecule has 0 saturated heterocycles. The first kappa shape index (κ1) is 14.3. The number of anilines is 1. The Morgan fingerprint density at radius 2 is 2.11 bits per heavy atom. The smallest absolute Gasteiger partial charge is 0.315 e. The molecular formula is C13H24N4O2. The van der Waals surface area contributed by atoms with Gasteiger partial charge in [0.05, 0.1) is 18.8 Å². The maximum Gasteiger partial charge on any atom is 0.315 e. The van der Waals surface area contributed by atoms with Gasteiger partial charge in [-0.25, -0.2) is 0 Å². The molecule has 6 nitrogen and oxygen atoms in total. The summed E-state index contributed by atoms with van der Waals surface area (Å²) in [6.45, 7) is 3.36. The summed E-state index contributed by atoms with van der Waals surface area (Å²) in [6, 6.07) is 0.533. The molecule has 0 aromatic carbocycles. The van der Waals surface area contributed by atoms with Gasteiger partial charge in [-0.05, 0) is 26.8 Å². The van der Waals surface area contributed by atoms with Crippen LogP contribution in [0.1, 0.15) is 51.0 Å². The zero-order chi connectivity index (χ0) is 13.5. The molecule has 0 amide bonds. The van der Waals surface area contributed by atoms with E-state index >= 15 is 0 Å². The molecule has 19 heavy (non-hydrogen) atoms. The average molecular weight is 268 g/mol. The van der Waals surface area contributed by atoms with E-state index in [0.717, 1.165) is 0 Å². The maximum absolute atomic E-state index is 5.82. The molecule has 1 atom stereocenters. The standard InChI is InChI=1S/C13H24N4O2/c1-10(14-2)12-16-17-13(19-12)15-8-9-18-11-6-4-3-5-7-11/h10-11,14H,3-9H2,1-2H3,(H,15,17). The molecule has 2 N–H and O–H groups in total. The van der Waals surface area contributed by atoms with Crippen LogP contribution < -0.4 is 10.6 Å². The monoisotopic (exact) mass is 268 g/mol. The lowest BCUT2D eigenvalue weighted by atomic mass is 9.98. The van der Waals surface area contributed by atoms with Crippen molar-refractivity contribution in [2.45, 2.75) is 51.2 Å². The SMILES string of the molecule is CNC(C)c1nnc(NCCOC2CCCCC2)o1. The third-order valence-electron chi connectivity index (χ3n) is 3.53. The second-order valence-electron chi connectivity index (χ2n) is 5.01. The van der Waals surface area contributed by atoms with Crippen molar-refractivity contribution in [2.24, 2.45) is 0 Å². The van der Waals surface area contributed by atoms with Crippen molar-refractivity contribution in [3.63, 3.8) is 0 Å². The number of aromatic nitrogens is 2. The number of rotatable bonds is 7. The van der Waals surface area contributed by atoms with E-state index in [2.05, 4.69) is 20.8 Å². The molecule has 2 rings (SSSR count). The van der Waals surface area contributed by atoms with E-state index in [1.54, 1.807) is 0 Å². The van der Waals surface area contributed by atoms with Crippen LogP contribution in [0.25, 0.3) is 0 Å². The number of nitrogens with zero attached hydrogens (tertiary/aromatic N) is 2. The van der Waals surface area contributed by atoms with E-state index in [0.29, 0.717) is 31.2 Å². The molecule has 1 aromatic rings. The Bertz CT molecular complexity index is 363. The zero-order valence-corrected chi connectivity index (χ0v) is 11.8. The Kier molecular flexibility index (Phi) is 5.60. The Hall–Kier alpha value is -1.14. The fourth-order valence-corrected chi connectivity index (χ4v) is 2.22. The van der Waals surface area contributed by atoms with Gasteiger partial charge in [-0.15, -0.1) is 5.10 Å². The van der Waals surface area contributed by atoms with Gasteiger partial charge in [0.2, 0.25) is 5.89 Å². The molecular weight excluding hydrogens is 244 g/mol. The van der Waals surface area contributed by atoms with Crippen molar-refractivity contribution < 1.29 is 9.15 Å². The highest BCUT2D eigenvalue weighted by Gasteiger charge is 2.14. The maximum atomic E-state index is 5.82. The van der Waals surface area contributed by atoms with Crippen molar-refractivity contribution in [3.05, 3.63) is 5.89 Å². The van der Waals surface area contributed by atoms with Crippen LogP contribution in [0.4, 0.5) is 6.01 Å². The summed E-state index contributed by atoms with van der Waals surface area (Å²) >= 11 is 0. The van der Waals surface area contributed by atoms with Crippen LogP contribution in [-0.2, 0) is 4.74 Å². The Morgan fingerprint density at radius 3 is 2.84 bits per heavy atom. The molecule has 1 saturated carbocycles. The van der Waals surface area contributed by atoms with Crippen LogP contribution in [0.2, 0.25) is 0 Å². The predicted octanol–water partition coefficient (Wildman–Crippen LogP) is 2.11. The molecule has 1 aliphatic carbocycles. The zero-order valence-electron chi connectivity index (χ0n) is 11.8. The number of nitrogens with one attached hydrogen (secondary N) is 2. The van der Waals surface area contributed by atoms with Gasteiger partial charge in [0, 0.05) is 6.54 Å². The highest BCUT2D eigenvalue weighted by atomic mass is 16.5. The van der Waals surface area contributed by atoms with E-state index < -0.39 is 0 Å².